The van der Waals surface area contributed by atoms with Crippen LogP contribution in [0.25, 0.3) is 0 Å². The van der Waals surface area contributed by atoms with Crippen molar-refractivity contribution in [1.82, 2.24) is 0 Å². The minimum absolute atomic E-state index is 0.110. The molecule has 0 radical (unpaired) electrons. The van der Waals surface area contributed by atoms with Crippen molar-refractivity contribution in [2.75, 3.05) is 7.11 Å². The highest BCUT2D eigenvalue weighted by Crippen LogP contribution is 2.23. The van der Waals surface area contributed by atoms with Gasteiger partial charge in [-0.2, -0.15) is 0 Å². The molecule has 0 aliphatic heterocycles. The number of nitrogens with two attached hydrogens (primary N) is 1. The second-order valence-electron chi connectivity index (χ2n) is 7.08. The summed E-state index contributed by atoms with van der Waals surface area (Å²) in [5.74, 6) is -0.207. The van der Waals surface area contributed by atoms with Crippen LogP contribution in [0.4, 0.5) is 0 Å². The number of carbonyl (C=O) groups is 1. The van der Waals surface area contributed by atoms with Crippen molar-refractivity contribution < 1.29 is 17.9 Å². The lowest BCUT2D eigenvalue weighted by molar-refractivity contribution is -0.117. The van der Waals surface area contributed by atoms with Crippen LogP contribution in [0.2, 0.25) is 0 Å². The standard InChI is InChI=1S/C21H35NO4S/c1-3-4-5-6-7-8-9-10-11-12-13-20(21(22)23)27(24,25)19-16-14-18(26-2)15-17-19/h14-17,20H,3-13H2,1-2H3,(H2,22,23). The number of primary amides is 1. The molecular formula is C21H35NO4S. The zero-order chi connectivity index (χ0) is 20.1. The lowest BCUT2D eigenvalue weighted by atomic mass is 10.1. The second-order valence-corrected chi connectivity index (χ2v) is 9.21. The molecule has 1 rings (SSSR count). The first-order valence-electron chi connectivity index (χ1n) is 10.1. The first kappa shape index (κ1) is 23.5. The molecule has 6 heteroatoms. The molecule has 0 aromatic heterocycles. The normalized spacial score (nSPS) is 12.7. The highest BCUT2D eigenvalue weighted by Gasteiger charge is 2.31. The number of rotatable bonds is 15. The van der Waals surface area contributed by atoms with Gasteiger partial charge in [0.25, 0.3) is 0 Å². The minimum atomic E-state index is -3.77. The number of ether oxygens (including phenoxy) is 1. The number of amides is 1. The van der Waals surface area contributed by atoms with E-state index in [2.05, 4.69) is 6.92 Å². The maximum atomic E-state index is 12.7. The summed E-state index contributed by atoms with van der Waals surface area (Å²) >= 11 is 0. The number of benzene rings is 1. The van der Waals surface area contributed by atoms with Crippen molar-refractivity contribution in [3.63, 3.8) is 0 Å². The number of unbranched alkanes of at least 4 members (excludes halogenated alkanes) is 9. The Balaban J connectivity index is 2.41. The maximum absolute atomic E-state index is 12.7. The van der Waals surface area contributed by atoms with E-state index in [9.17, 15) is 13.2 Å². The van der Waals surface area contributed by atoms with Gasteiger partial charge >= 0.3 is 0 Å². The number of hydrogen-bond acceptors (Lipinski definition) is 4. The highest BCUT2D eigenvalue weighted by atomic mass is 32.2. The zero-order valence-corrected chi connectivity index (χ0v) is 17.6. The Morgan fingerprint density at radius 2 is 1.41 bits per heavy atom. The molecule has 0 heterocycles. The van der Waals surface area contributed by atoms with Crippen LogP contribution in [-0.2, 0) is 14.6 Å². The molecule has 5 nitrogen and oxygen atoms in total. The van der Waals surface area contributed by atoms with Gasteiger partial charge in [0.2, 0.25) is 5.91 Å². The van der Waals surface area contributed by atoms with Gasteiger partial charge in [0.15, 0.2) is 9.84 Å². The summed E-state index contributed by atoms with van der Waals surface area (Å²) in [6, 6.07) is 6.07. The van der Waals surface area contributed by atoms with Crippen LogP contribution in [0.15, 0.2) is 29.2 Å². The minimum Gasteiger partial charge on any atom is -0.497 e. The average Bonchev–Trinajstić information content (AvgIpc) is 2.65. The van der Waals surface area contributed by atoms with Crippen LogP contribution in [0.3, 0.4) is 0 Å². The van der Waals surface area contributed by atoms with Gasteiger partial charge in [0, 0.05) is 0 Å². The van der Waals surface area contributed by atoms with E-state index in [1.807, 2.05) is 0 Å². The first-order chi connectivity index (χ1) is 12.9. The smallest absolute Gasteiger partial charge is 0.236 e. The molecule has 0 aliphatic carbocycles. The van der Waals surface area contributed by atoms with Gasteiger partial charge in [-0.25, -0.2) is 8.42 Å². The highest BCUT2D eigenvalue weighted by molar-refractivity contribution is 7.92. The van der Waals surface area contributed by atoms with Gasteiger partial charge in [-0.3, -0.25) is 4.79 Å². The van der Waals surface area contributed by atoms with Crippen molar-refractivity contribution >= 4 is 15.7 Å². The van der Waals surface area contributed by atoms with E-state index >= 15 is 0 Å². The lowest BCUT2D eigenvalue weighted by Crippen LogP contribution is -2.36. The fourth-order valence-electron chi connectivity index (χ4n) is 3.20. The summed E-state index contributed by atoms with van der Waals surface area (Å²) in [6.45, 7) is 2.22. The molecule has 2 N–H and O–H groups in total. The molecule has 1 aromatic carbocycles. The quantitative estimate of drug-likeness (QED) is 0.437. The Morgan fingerprint density at radius 1 is 0.926 bits per heavy atom. The Bertz CT molecular complexity index is 641. The molecule has 0 fully saturated rings. The fraction of sp³-hybridized carbons (Fsp3) is 0.667. The third-order valence-electron chi connectivity index (χ3n) is 4.90. The molecule has 1 unspecified atom stereocenters. The van der Waals surface area contributed by atoms with Gasteiger partial charge in [-0.15, -0.1) is 0 Å². The van der Waals surface area contributed by atoms with Gasteiger partial charge in [0.05, 0.1) is 12.0 Å². The summed E-state index contributed by atoms with van der Waals surface area (Å²) in [4.78, 5) is 11.9. The van der Waals surface area contributed by atoms with E-state index in [-0.39, 0.29) is 11.3 Å². The summed E-state index contributed by atoms with van der Waals surface area (Å²) in [5.41, 5.74) is 5.39. The Labute approximate surface area is 164 Å². The second kappa shape index (κ2) is 12.8. The van der Waals surface area contributed by atoms with E-state index in [4.69, 9.17) is 10.5 Å². The molecule has 1 atom stereocenters. The van der Waals surface area contributed by atoms with E-state index in [1.54, 1.807) is 12.1 Å². The van der Waals surface area contributed by atoms with E-state index in [1.165, 1.54) is 64.2 Å². The molecular weight excluding hydrogens is 362 g/mol. The molecule has 0 aliphatic rings. The van der Waals surface area contributed by atoms with Crippen molar-refractivity contribution in [3.8, 4) is 5.75 Å². The molecule has 0 saturated carbocycles. The molecule has 0 spiro atoms. The zero-order valence-electron chi connectivity index (χ0n) is 16.8. The van der Waals surface area contributed by atoms with E-state index in [0.717, 1.165) is 12.8 Å². The van der Waals surface area contributed by atoms with Crippen LogP contribution < -0.4 is 10.5 Å². The molecule has 1 amide bonds. The summed E-state index contributed by atoms with van der Waals surface area (Å²) < 4.78 is 30.5. The molecule has 0 saturated heterocycles. The molecule has 27 heavy (non-hydrogen) atoms. The average molecular weight is 398 g/mol. The predicted octanol–water partition coefficient (Wildman–Crippen LogP) is 4.63. The SMILES string of the molecule is CCCCCCCCCCCCC(C(N)=O)S(=O)(=O)c1ccc(OC)cc1. The molecule has 1 aromatic rings. The Hall–Kier alpha value is -1.56. The van der Waals surface area contributed by atoms with Gasteiger partial charge in [0.1, 0.15) is 11.0 Å². The van der Waals surface area contributed by atoms with Crippen molar-refractivity contribution in [1.29, 1.82) is 0 Å². The first-order valence-corrected chi connectivity index (χ1v) is 11.7. The number of carbonyl (C=O) groups excluding carboxylic acids is 1. The lowest BCUT2D eigenvalue weighted by Gasteiger charge is -2.15. The summed E-state index contributed by atoms with van der Waals surface area (Å²) in [7, 11) is -2.25. The number of sulfone groups is 1. The number of hydrogen-bond donors (Lipinski definition) is 1. The predicted molar refractivity (Wildman–Crippen MR) is 110 cm³/mol. The summed E-state index contributed by atoms with van der Waals surface area (Å²) in [5, 5.41) is -1.17. The van der Waals surface area contributed by atoms with Gasteiger partial charge in [-0.05, 0) is 30.7 Å². The monoisotopic (exact) mass is 397 g/mol. The molecule has 0 bridgehead atoms. The van der Waals surface area contributed by atoms with Crippen LogP contribution in [-0.4, -0.2) is 26.7 Å². The third-order valence-corrected chi connectivity index (χ3v) is 7.05. The van der Waals surface area contributed by atoms with Crippen LogP contribution in [0.5, 0.6) is 5.75 Å². The number of methoxy groups -OCH3 is 1. The summed E-state index contributed by atoms with van der Waals surface area (Å²) in [6.07, 6.45) is 11.8. The largest absolute Gasteiger partial charge is 0.497 e. The fourth-order valence-corrected chi connectivity index (χ4v) is 4.82. The Morgan fingerprint density at radius 3 is 1.85 bits per heavy atom. The van der Waals surface area contributed by atoms with Gasteiger partial charge in [-0.1, -0.05) is 71.1 Å². The van der Waals surface area contributed by atoms with E-state index < -0.39 is 21.0 Å². The van der Waals surface area contributed by atoms with Crippen LogP contribution >= 0.6 is 0 Å². The van der Waals surface area contributed by atoms with E-state index in [0.29, 0.717) is 12.2 Å². The van der Waals surface area contributed by atoms with Crippen LogP contribution in [0.1, 0.15) is 77.6 Å². The van der Waals surface area contributed by atoms with Gasteiger partial charge < -0.3 is 10.5 Å². The topological polar surface area (TPSA) is 86.5 Å². The van der Waals surface area contributed by atoms with Crippen molar-refractivity contribution in [2.24, 2.45) is 5.73 Å². The molecule has 154 valence electrons. The third kappa shape index (κ3) is 8.33. The van der Waals surface area contributed by atoms with Crippen LogP contribution in [0, 0.1) is 0 Å². The Kier molecular flexibility index (Phi) is 11.1. The van der Waals surface area contributed by atoms with Crippen molar-refractivity contribution in [2.45, 2.75) is 87.7 Å². The van der Waals surface area contributed by atoms with Crippen molar-refractivity contribution in [3.05, 3.63) is 24.3 Å². The maximum Gasteiger partial charge on any atom is 0.236 e.